The van der Waals surface area contributed by atoms with E-state index in [0.29, 0.717) is 6.54 Å². The second-order valence-electron chi connectivity index (χ2n) is 5.17. The van der Waals surface area contributed by atoms with Crippen molar-refractivity contribution in [3.63, 3.8) is 0 Å². The molecule has 0 aliphatic heterocycles. The van der Waals surface area contributed by atoms with Crippen molar-refractivity contribution in [2.45, 2.75) is 43.1 Å². The lowest BCUT2D eigenvalue weighted by Crippen LogP contribution is -2.42. The maximum absolute atomic E-state index is 11.6. The lowest BCUT2D eigenvalue weighted by Gasteiger charge is -2.25. The first-order valence-electron chi connectivity index (χ1n) is 4.89. The van der Waals surface area contributed by atoms with Gasteiger partial charge in [-0.05, 0) is 18.3 Å². The maximum Gasteiger partial charge on any atom is 0.233 e. The molecule has 0 aromatic carbocycles. The van der Waals surface area contributed by atoms with Gasteiger partial charge in [0.1, 0.15) is 0 Å². The van der Waals surface area contributed by atoms with Crippen molar-refractivity contribution in [3.8, 4) is 0 Å². The maximum atomic E-state index is 11.6. The predicted molar refractivity (Wildman–Crippen MR) is 64.5 cm³/mol. The van der Waals surface area contributed by atoms with E-state index in [2.05, 4.69) is 27.9 Å². The molecule has 1 atom stereocenters. The summed E-state index contributed by atoms with van der Waals surface area (Å²) in [5.74, 6) is 0.0263. The first-order chi connectivity index (χ1) is 6.25. The summed E-state index contributed by atoms with van der Waals surface area (Å²) in [6, 6.07) is 0. The molecule has 1 rings (SSSR count). The van der Waals surface area contributed by atoms with Crippen LogP contribution in [0.3, 0.4) is 0 Å². The third-order valence-corrected chi connectivity index (χ3v) is 4.84. The molecule has 0 aromatic heterocycles. The molecular weight excluding hydrogens is 293 g/mol. The van der Waals surface area contributed by atoms with Crippen molar-refractivity contribution in [2.75, 3.05) is 6.54 Å². The summed E-state index contributed by atoms with van der Waals surface area (Å²) >= 11 is 2.15. The molecule has 1 amide bonds. The first-order valence-corrected chi connectivity index (χ1v) is 6.13. The number of aliphatic hydroxyl groups is 1. The normalized spacial score (nSPS) is 21.5. The summed E-state index contributed by atoms with van der Waals surface area (Å²) < 4.78 is -0.0533. The van der Waals surface area contributed by atoms with E-state index in [1.807, 2.05) is 20.8 Å². The highest BCUT2D eigenvalue weighted by Crippen LogP contribution is 2.34. The van der Waals surface area contributed by atoms with Gasteiger partial charge >= 0.3 is 0 Å². The molecule has 3 nitrogen and oxygen atoms in total. The van der Waals surface area contributed by atoms with Crippen LogP contribution in [-0.4, -0.2) is 27.1 Å². The summed E-state index contributed by atoms with van der Waals surface area (Å²) in [6.45, 7) is 6.52. The molecule has 0 heterocycles. The topological polar surface area (TPSA) is 49.3 Å². The summed E-state index contributed by atoms with van der Waals surface area (Å²) in [4.78, 5) is 11.6. The van der Waals surface area contributed by atoms with E-state index < -0.39 is 5.60 Å². The lowest BCUT2D eigenvalue weighted by atomic mass is 9.92. The number of nitrogens with one attached hydrogen (secondary N) is 1. The molecule has 0 saturated heterocycles. The largest absolute Gasteiger partial charge is 0.388 e. The van der Waals surface area contributed by atoms with Gasteiger partial charge in [0.2, 0.25) is 5.91 Å². The van der Waals surface area contributed by atoms with Gasteiger partial charge in [-0.2, -0.15) is 0 Å². The van der Waals surface area contributed by atoms with Gasteiger partial charge in [-0.1, -0.05) is 43.4 Å². The van der Waals surface area contributed by atoms with Gasteiger partial charge in [-0.25, -0.2) is 0 Å². The zero-order valence-corrected chi connectivity index (χ0v) is 11.1. The van der Waals surface area contributed by atoms with E-state index >= 15 is 0 Å². The quantitative estimate of drug-likeness (QED) is 0.613. The third kappa shape index (κ3) is 3.38. The molecule has 14 heavy (non-hydrogen) atoms. The molecule has 1 unspecified atom stereocenters. The van der Waals surface area contributed by atoms with Gasteiger partial charge in [0.25, 0.3) is 0 Å². The number of carbonyl (C=O) groups excluding carboxylic acids is 1. The van der Waals surface area contributed by atoms with Crippen molar-refractivity contribution in [1.82, 2.24) is 5.32 Å². The van der Waals surface area contributed by atoms with E-state index in [1.54, 1.807) is 0 Å². The minimum atomic E-state index is -0.593. The minimum Gasteiger partial charge on any atom is -0.388 e. The summed E-state index contributed by atoms with van der Waals surface area (Å²) in [7, 11) is 0. The Morgan fingerprint density at radius 2 is 2.07 bits per heavy atom. The number of halogens is 1. The fourth-order valence-electron chi connectivity index (χ4n) is 1.06. The molecule has 0 spiro atoms. The molecule has 1 aliphatic carbocycles. The Balaban J connectivity index is 2.34. The highest BCUT2D eigenvalue weighted by atomic mass is 127. The van der Waals surface area contributed by atoms with Gasteiger partial charge in [-0.15, -0.1) is 0 Å². The Morgan fingerprint density at radius 3 is 2.43 bits per heavy atom. The number of rotatable bonds is 3. The highest BCUT2D eigenvalue weighted by molar-refractivity contribution is 14.1. The van der Waals surface area contributed by atoms with Crippen LogP contribution in [0.15, 0.2) is 0 Å². The zero-order valence-electron chi connectivity index (χ0n) is 8.93. The highest BCUT2D eigenvalue weighted by Gasteiger charge is 2.41. The standard InChI is InChI=1S/C10H18INO2/c1-9(2,3)7(11)8(13)12-6-10(14)4-5-10/h7,14H,4-6H2,1-3H3,(H,12,13). The van der Waals surface area contributed by atoms with Crippen molar-refractivity contribution < 1.29 is 9.90 Å². The Hall–Kier alpha value is 0.160. The van der Waals surface area contributed by atoms with E-state index in [9.17, 15) is 9.90 Å². The van der Waals surface area contributed by atoms with Crippen LogP contribution >= 0.6 is 22.6 Å². The third-order valence-electron chi connectivity index (χ3n) is 2.41. The van der Waals surface area contributed by atoms with Gasteiger partial charge < -0.3 is 10.4 Å². The van der Waals surface area contributed by atoms with Gasteiger partial charge in [0.15, 0.2) is 0 Å². The summed E-state index contributed by atoms with van der Waals surface area (Å²) in [5.41, 5.74) is -0.624. The SMILES string of the molecule is CC(C)(C)C(I)C(=O)NCC1(O)CC1. The zero-order chi connectivity index (χ0) is 11.0. The number of alkyl halides is 1. The van der Waals surface area contributed by atoms with Crippen LogP contribution in [0.2, 0.25) is 0 Å². The predicted octanol–water partition coefficient (Wildman–Crippen LogP) is 1.48. The number of hydrogen-bond acceptors (Lipinski definition) is 2. The smallest absolute Gasteiger partial charge is 0.233 e. The molecule has 4 heteroatoms. The number of carbonyl (C=O) groups is 1. The molecular formula is C10H18INO2. The molecule has 0 bridgehead atoms. The fraction of sp³-hybridized carbons (Fsp3) is 0.900. The monoisotopic (exact) mass is 311 g/mol. The van der Waals surface area contributed by atoms with Crippen molar-refractivity contribution >= 4 is 28.5 Å². The molecule has 0 radical (unpaired) electrons. The molecule has 1 fully saturated rings. The molecule has 82 valence electrons. The van der Waals surface area contributed by atoms with Crippen molar-refractivity contribution in [2.24, 2.45) is 5.41 Å². The molecule has 2 N–H and O–H groups in total. The minimum absolute atomic E-state index is 0.0263. The fourth-order valence-corrected chi connectivity index (χ4v) is 1.28. The van der Waals surface area contributed by atoms with Crippen LogP contribution in [0, 0.1) is 5.41 Å². The summed E-state index contributed by atoms with van der Waals surface area (Å²) in [5, 5.41) is 12.3. The number of amides is 1. The van der Waals surface area contributed by atoms with Crippen LogP contribution in [0.4, 0.5) is 0 Å². The second-order valence-corrected chi connectivity index (χ2v) is 6.42. The molecule has 1 saturated carbocycles. The average Bonchev–Trinajstić information content (AvgIpc) is 2.77. The van der Waals surface area contributed by atoms with E-state index in [1.165, 1.54) is 0 Å². The first kappa shape index (κ1) is 12.2. The van der Waals surface area contributed by atoms with E-state index in [0.717, 1.165) is 12.8 Å². The Kier molecular flexibility index (Phi) is 3.46. The van der Waals surface area contributed by atoms with Crippen LogP contribution in [0.25, 0.3) is 0 Å². The average molecular weight is 311 g/mol. The Bertz CT molecular complexity index is 231. The van der Waals surface area contributed by atoms with E-state index in [4.69, 9.17) is 0 Å². The Labute approximate surface area is 98.8 Å². The van der Waals surface area contributed by atoms with Crippen LogP contribution in [0.5, 0.6) is 0 Å². The van der Waals surface area contributed by atoms with Crippen LogP contribution in [0.1, 0.15) is 33.6 Å². The Morgan fingerprint density at radius 1 is 1.57 bits per heavy atom. The summed E-state index contributed by atoms with van der Waals surface area (Å²) in [6.07, 6.45) is 1.63. The van der Waals surface area contributed by atoms with Gasteiger partial charge in [0, 0.05) is 6.54 Å². The van der Waals surface area contributed by atoms with Crippen LogP contribution in [-0.2, 0) is 4.79 Å². The molecule has 1 aliphatic rings. The molecule has 0 aromatic rings. The second kappa shape index (κ2) is 3.96. The van der Waals surface area contributed by atoms with Crippen molar-refractivity contribution in [1.29, 1.82) is 0 Å². The number of hydrogen-bond donors (Lipinski definition) is 2. The van der Waals surface area contributed by atoms with Crippen molar-refractivity contribution in [3.05, 3.63) is 0 Å². The van der Waals surface area contributed by atoms with Crippen LogP contribution < -0.4 is 5.32 Å². The van der Waals surface area contributed by atoms with E-state index in [-0.39, 0.29) is 15.2 Å². The van der Waals surface area contributed by atoms with Gasteiger partial charge in [0.05, 0.1) is 9.53 Å². The van der Waals surface area contributed by atoms with Gasteiger partial charge in [-0.3, -0.25) is 4.79 Å². The lowest BCUT2D eigenvalue weighted by molar-refractivity contribution is -0.122.